The Hall–Kier alpha value is -2.96. The number of carbonyl (C=O) groups excluding carboxylic acids is 1. The number of carbonyl (C=O) groups is 1. The van der Waals surface area contributed by atoms with E-state index in [4.69, 9.17) is 0 Å². The smallest absolute Gasteiger partial charge is 0.254 e. The number of nitrogens with zero attached hydrogens (tertiary/aromatic N) is 6. The molecule has 24 heavy (non-hydrogen) atoms. The normalized spacial score (nSPS) is 17.3. The predicted octanol–water partition coefficient (Wildman–Crippen LogP) is 1.77. The van der Waals surface area contributed by atoms with E-state index in [1.807, 2.05) is 50.7 Å². The molecule has 122 valence electrons. The van der Waals surface area contributed by atoms with Crippen LogP contribution in [0.3, 0.4) is 0 Å². The highest BCUT2D eigenvalue weighted by Crippen LogP contribution is 2.22. The summed E-state index contributed by atoms with van der Waals surface area (Å²) in [5.74, 6) is 0.0833. The van der Waals surface area contributed by atoms with Crippen molar-refractivity contribution in [3.05, 3.63) is 60.9 Å². The first kappa shape index (κ1) is 14.6. The van der Waals surface area contributed by atoms with Gasteiger partial charge in [0, 0.05) is 30.2 Å². The average molecular weight is 322 g/mol. The van der Waals surface area contributed by atoms with Crippen molar-refractivity contribution in [3.8, 4) is 5.69 Å². The standard InChI is InChI=1S/C17H18N6O/c24-17(14-4-6-15(7-5-14)21-12-18-19-13-21)23-10-1-3-16(23)11-22-9-2-8-20-22/h2,4-9,12-13,16H,1,3,10-11H2/t16-/m1/s1. The second-order valence-electron chi connectivity index (χ2n) is 5.94. The Morgan fingerprint density at radius 2 is 1.96 bits per heavy atom. The zero-order valence-corrected chi connectivity index (χ0v) is 13.2. The molecule has 0 radical (unpaired) electrons. The van der Waals surface area contributed by atoms with E-state index in [-0.39, 0.29) is 11.9 Å². The molecule has 7 nitrogen and oxygen atoms in total. The number of rotatable bonds is 4. The second-order valence-corrected chi connectivity index (χ2v) is 5.94. The highest BCUT2D eigenvalue weighted by atomic mass is 16.2. The first-order valence-corrected chi connectivity index (χ1v) is 8.05. The van der Waals surface area contributed by atoms with Gasteiger partial charge in [-0.15, -0.1) is 10.2 Å². The van der Waals surface area contributed by atoms with E-state index in [2.05, 4.69) is 15.3 Å². The van der Waals surface area contributed by atoms with Gasteiger partial charge in [0.15, 0.2) is 0 Å². The molecule has 1 fully saturated rings. The molecule has 0 bridgehead atoms. The van der Waals surface area contributed by atoms with Gasteiger partial charge in [-0.05, 0) is 43.2 Å². The van der Waals surface area contributed by atoms with Crippen LogP contribution in [0.4, 0.5) is 0 Å². The third-order valence-electron chi connectivity index (χ3n) is 4.43. The molecule has 1 atom stereocenters. The molecule has 1 aliphatic rings. The Labute approximate surface area is 139 Å². The van der Waals surface area contributed by atoms with Crippen LogP contribution in [-0.4, -0.2) is 47.9 Å². The van der Waals surface area contributed by atoms with Gasteiger partial charge in [0.1, 0.15) is 12.7 Å². The van der Waals surface area contributed by atoms with Crippen molar-refractivity contribution < 1.29 is 4.79 Å². The van der Waals surface area contributed by atoms with Crippen LogP contribution in [-0.2, 0) is 6.54 Å². The van der Waals surface area contributed by atoms with Crippen molar-refractivity contribution in [2.45, 2.75) is 25.4 Å². The van der Waals surface area contributed by atoms with Crippen LogP contribution < -0.4 is 0 Å². The van der Waals surface area contributed by atoms with Crippen LogP contribution in [0.25, 0.3) is 5.69 Å². The maximum atomic E-state index is 12.8. The van der Waals surface area contributed by atoms with Gasteiger partial charge in [-0.25, -0.2) is 0 Å². The summed E-state index contributed by atoms with van der Waals surface area (Å²) in [7, 11) is 0. The third-order valence-corrected chi connectivity index (χ3v) is 4.43. The summed E-state index contributed by atoms with van der Waals surface area (Å²) in [4.78, 5) is 14.8. The summed E-state index contributed by atoms with van der Waals surface area (Å²) in [6.07, 6.45) is 9.04. The van der Waals surface area contributed by atoms with Gasteiger partial charge in [0.2, 0.25) is 0 Å². The second kappa shape index (κ2) is 6.27. The first-order valence-electron chi connectivity index (χ1n) is 8.05. The summed E-state index contributed by atoms with van der Waals surface area (Å²) < 4.78 is 3.70. The van der Waals surface area contributed by atoms with Crippen LogP contribution in [0.5, 0.6) is 0 Å². The molecular formula is C17H18N6O. The highest BCUT2D eigenvalue weighted by Gasteiger charge is 2.29. The first-order chi connectivity index (χ1) is 11.8. The van der Waals surface area contributed by atoms with Crippen molar-refractivity contribution in [1.82, 2.24) is 29.4 Å². The van der Waals surface area contributed by atoms with Crippen LogP contribution in [0.1, 0.15) is 23.2 Å². The maximum absolute atomic E-state index is 12.8. The van der Waals surface area contributed by atoms with Crippen LogP contribution in [0.2, 0.25) is 0 Å². The van der Waals surface area contributed by atoms with E-state index in [0.717, 1.165) is 31.6 Å². The fraction of sp³-hybridized carbons (Fsp3) is 0.294. The molecule has 7 heteroatoms. The minimum absolute atomic E-state index is 0.0833. The van der Waals surface area contributed by atoms with Crippen molar-refractivity contribution in [3.63, 3.8) is 0 Å². The molecule has 2 aromatic heterocycles. The van der Waals surface area contributed by atoms with Crippen molar-refractivity contribution in [2.75, 3.05) is 6.54 Å². The zero-order valence-electron chi connectivity index (χ0n) is 13.2. The van der Waals surface area contributed by atoms with Gasteiger partial charge < -0.3 is 4.90 Å². The van der Waals surface area contributed by atoms with E-state index in [9.17, 15) is 4.79 Å². The number of hydrogen-bond donors (Lipinski definition) is 0. The number of benzene rings is 1. The summed E-state index contributed by atoms with van der Waals surface area (Å²) in [6.45, 7) is 1.55. The molecule has 1 aromatic carbocycles. The van der Waals surface area contributed by atoms with Crippen molar-refractivity contribution >= 4 is 5.91 Å². The Balaban J connectivity index is 1.50. The number of amides is 1. The van der Waals surface area contributed by atoms with Crippen LogP contribution >= 0.6 is 0 Å². The zero-order chi connectivity index (χ0) is 16.4. The van der Waals surface area contributed by atoms with Crippen molar-refractivity contribution in [1.29, 1.82) is 0 Å². The minimum Gasteiger partial charge on any atom is -0.334 e. The molecule has 3 aromatic rings. The average Bonchev–Trinajstić information content (AvgIpc) is 3.37. The topological polar surface area (TPSA) is 68.8 Å². The van der Waals surface area contributed by atoms with Gasteiger partial charge in [-0.2, -0.15) is 5.10 Å². The predicted molar refractivity (Wildman–Crippen MR) is 87.6 cm³/mol. The Bertz CT molecular complexity index is 794. The molecular weight excluding hydrogens is 304 g/mol. The van der Waals surface area contributed by atoms with Gasteiger partial charge in [0.25, 0.3) is 5.91 Å². The molecule has 4 rings (SSSR count). The lowest BCUT2D eigenvalue weighted by Gasteiger charge is -2.25. The van der Waals surface area contributed by atoms with Crippen LogP contribution in [0.15, 0.2) is 55.4 Å². The van der Waals surface area contributed by atoms with Gasteiger partial charge in [0.05, 0.1) is 12.6 Å². The van der Waals surface area contributed by atoms with E-state index < -0.39 is 0 Å². The molecule has 3 heterocycles. The molecule has 0 unspecified atom stereocenters. The lowest BCUT2D eigenvalue weighted by molar-refractivity contribution is 0.0721. The Morgan fingerprint density at radius 1 is 1.17 bits per heavy atom. The molecule has 0 N–H and O–H groups in total. The summed E-state index contributed by atoms with van der Waals surface area (Å²) in [5.41, 5.74) is 1.64. The molecule has 1 saturated heterocycles. The van der Waals surface area contributed by atoms with E-state index in [1.54, 1.807) is 18.9 Å². The minimum atomic E-state index is 0.0833. The van der Waals surface area contributed by atoms with Crippen molar-refractivity contribution in [2.24, 2.45) is 0 Å². The monoisotopic (exact) mass is 322 g/mol. The number of aromatic nitrogens is 5. The molecule has 1 aliphatic heterocycles. The largest absolute Gasteiger partial charge is 0.334 e. The maximum Gasteiger partial charge on any atom is 0.254 e. The molecule has 0 spiro atoms. The van der Waals surface area contributed by atoms with Gasteiger partial charge in [-0.1, -0.05) is 0 Å². The van der Waals surface area contributed by atoms with E-state index >= 15 is 0 Å². The fourth-order valence-electron chi connectivity index (χ4n) is 3.19. The molecule has 0 aliphatic carbocycles. The quantitative estimate of drug-likeness (QED) is 0.734. The number of hydrogen-bond acceptors (Lipinski definition) is 4. The van der Waals surface area contributed by atoms with Gasteiger partial charge >= 0.3 is 0 Å². The lowest BCUT2D eigenvalue weighted by atomic mass is 10.1. The summed E-state index contributed by atoms with van der Waals surface area (Å²) in [6, 6.07) is 9.66. The molecule has 1 amide bonds. The van der Waals surface area contributed by atoms with Gasteiger partial charge in [-0.3, -0.25) is 14.0 Å². The summed E-state index contributed by atoms with van der Waals surface area (Å²) in [5, 5.41) is 11.8. The third kappa shape index (κ3) is 2.80. The Morgan fingerprint density at radius 3 is 2.67 bits per heavy atom. The van der Waals surface area contributed by atoms with E-state index in [0.29, 0.717) is 5.56 Å². The summed E-state index contributed by atoms with van der Waals surface area (Å²) >= 11 is 0. The van der Waals surface area contributed by atoms with Crippen LogP contribution in [0, 0.1) is 0 Å². The molecule has 0 saturated carbocycles. The highest BCUT2D eigenvalue weighted by molar-refractivity contribution is 5.94. The van der Waals surface area contributed by atoms with E-state index in [1.165, 1.54) is 0 Å². The SMILES string of the molecule is O=C(c1ccc(-n2cnnc2)cc1)N1CCC[C@@H]1Cn1cccn1. The lowest BCUT2D eigenvalue weighted by Crippen LogP contribution is -2.38. The number of likely N-dealkylation sites (tertiary alicyclic amines) is 1. The Kier molecular flexibility index (Phi) is 3.82. The fourth-order valence-corrected chi connectivity index (χ4v) is 3.19.